The van der Waals surface area contributed by atoms with Gasteiger partial charge in [-0.1, -0.05) is 12.1 Å². The fourth-order valence-electron chi connectivity index (χ4n) is 1.99. The van der Waals surface area contributed by atoms with Gasteiger partial charge < -0.3 is 14.8 Å². The van der Waals surface area contributed by atoms with Gasteiger partial charge in [0.15, 0.2) is 0 Å². The van der Waals surface area contributed by atoms with Crippen molar-refractivity contribution < 1.29 is 19.1 Å². The lowest BCUT2D eigenvalue weighted by molar-refractivity contribution is -0.115. The Morgan fingerprint density at radius 3 is 2.41 bits per heavy atom. The van der Waals surface area contributed by atoms with Gasteiger partial charge in [0.1, 0.15) is 5.75 Å². The average molecular weight is 299 g/mol. The van der Waals surface area contributed by atoms with Gasteiger partial charge in [-0.15, -0.1) is 0 Å². The first-order chi connectivity index (χ1) is 10.6. The molecule has 5 nitrogen and oxygen atoms in total. The number of ether oxygens (including phenoxy) is 2. The number of benzene rings is 2. The van der Waals surface area contributed by atoms with E-state index >= 15 is 0 Å². The van der Waals surface area contributed by atoms with Crippen LogP contribution in [-0.4, -0.2) is 26.1 Å². The van der Waals surface area contributed by atoms with Crippen molar-refractivity contribution in [3.8, 4) is 5.75 Å². The number of rotatable bonds is 5. The molecule has 0 unspecified atom stereocenters. The fourth-order valence-corrected chi connectivity index (χ4v) is 1.99. The quantitative estimate of drug-likeness (QED) is 0.862. The number of esters is 1. The number of nitrogens with one attached hydrogen (secondary N) is 1. The molecule has 0 fully saturated rings. The number of hydrogen-bond donors (Lipinski definition) is 1. The van der Waals surface area contributed by atoms with Crippen LogP contribution in [-0.2, 0) is 16.0 Å². The van der Waals surface area contributed by atoms with Gasteiger partial charge in [0.2, 0.25) is 5.91 Å². The minimum atomic E-state index is -0.419. The molecule has 0 atom stereocenters. The maximum absolute atomic E-state index is 12.0. The Morgan fingerprint density at radius 1 is 1.05 bits per heavy atom. The average Bonchev–Trinajstić information content (AvgIpc) is 2.55. The molecular formula is C17H17NO4. The number of anilines is 1. The van der Waals surface area contributed by atoms with Crippen molar-refractivity contribution in [2.75, 3.05) is 19.5 Å². The lowest BCUT2D eigenvalue weighted by Gasteiger charge is -2.07. The van der Waals surface area contributed by atoms with Crippen LogP contribution in [0.1, 0.15) is 15.9 Å². The van der Waals surface area contributed by atoms with Crippen LogP contribution in [0.3, 0.4) is 0 Å². The monoisotopic (exact) mass is 299 g/mol. The van der Waals surface area contributed by atoms with E-state index in [4.69, 9.17) is 4.74 Å². The molecule has 0 spiro atoms. The number of hydrogen-bond acceptors (Lipinski definition) is 4. The molecule has 22 heavy (non-hydrogen) atoms. The first kappa shape index (κ1) is 15.6. The molecular weight excluding hydrogens is 282 g/mol. The molecule has 0 bridgehead atoms. The van der Waals surface area contributed by atoms with Crippen LogP contribution in [0.15, 0.2) is 48.5 Å². The predicted molar refractivity (Wildman–Crippen MR) is 83.1 cm³/mol. The zero-order valence-electron chi connectivity index (χ0n) is 12.5. The second-order valence-electron chi connectivity index (χ2n) is 4.65. The summed E-state index contributed by atoms with van der Waals surface area (Å²) in [6.45, 7) is 0. The third kappa shape index (κ3) is 4.09. The smallest absolute Gasteiger partial charge is 0.337 e. The fraction of sp³-hybridized carbons (Fsp3) is 0.176. The van der Waals surface area contributed by atoms with Gasteiger partial charge >= 0.3 is 5.97 Å². The van der Waals surface area contributed by atoms with Gasteiger partial charge in [0.25, 0.3) is 0 Å². The van der Waals surface area contributed by atoms with Crippen molar-refractivity contribution in [3.05, 3.63) is 59.7 Å². The normalized spacial score (nSPS) is 9.91. The number of carbonyl (C=O) groups is 2. The number of carbonyl (C=O) groups excluding carboxylic acids is 2. The Kier molecular flexibility index (Phi) is 5.14. The summed E-state index contributed by atoms with van der Waals surface area (Å²) >= 11 is 0. The third-order valence-corrected chi connectivity index (χ3v) is 3.09. The maximum Gasteiger partial charge on any atom is 0.337 e. The molecule has 0 saturated carbocycles. The van der Waals surface area contributed by atoms with E-state index in [2.05, 4.69) is 10.1 Å². The summed E-state index contributed by atoms with van der Waals surface area (Å²) in [4.78, 5) is 23.5. The first-order valence-electron chi connectivity index (χ1n) is 6.73. The van der Waals surface area contributed by atoms with Crippen LogP contribution >= 0.6 is 0 Å². The Bertz CT molecular complexity index is 665. The van der Waals surface area contributed by atoms with Crippen LogP contribution in [0.5, 0.6) is 5.75 Å². The minimum Gasteiger partial charge on any atom is -0.497 e. The van der Waals surface area contributed by atoms with E-state index in [0.717, 1.165) is 11.3 Å². The van der Waals surface area contributed by atoms with Crippen LogP contribution < -0.4 is 10.1 Å². The van der Waals surface area contributed by atoms with E-state index in [0.29, 0.717) is 11.3 Å². The number of amides is 1. The van der Waals surface area contributed by atoms with Gasteiger partial charge in [0, 0.05) is 5.69 Å². The molecule has 0 aliphatic rings. The van der Waals surface area contributed by atoms with Crippen molar-refractivity contribution in [2.45, 2.75) is 6.42 Å². The Labute approximate surface area is 128 Å². The SMILES string of the molecule is COC(=O)c1cccc(CC(=O)Nc2ccc(OC)cc2)c1. The molecule has 2 rings (SSSR count). The van der Waals surface area contributed by atoms with Crippen molar-refractivity contribution in [1.82, 2.24) is 0 Å². The molecule has 5 heteroatoms. The molecule has 0 aliphatic carbocycles. The van der Waals surface area contributed by atoms with E-state index in [1.54, 1.807) is 55.6 Å². The van der Waals surface area contributed by atoms with E-state index < -0.39 is 5.97 Å². The maximum atomic E-state index is 12.0. The zero-order valence-corrected chi connectivity index (χ0v) is 12.5. The van der Waals surface area contributed by atoms with Crippen molar-refractivity contribution in [2.24, 2.45) is 0 Å². The Balaban J connectivity index is 2.00. The van der Waals surface area contributed by atoms with Crippen molar-refractivity contribution in [3.63, 3.8) is 0 Å². The van der Waals surface area contributed by atoms with E-state index in [-0.39, 0.29) is 12.3 Å². The van der Waals surface area contributed by atoms with Crippen molar-refractivity contribution >= 4 is 17.6 Å². The standard InChI is InChI=1S/C17H17NO4/c1-21-15-8-6-14(7-9-15)18-16(19)11-12-4-3-5-13(10-12)17(20)22-2/h3-10H,11H2,1-2H3,(H,18,19). The van der Waals surface area contributed by atoms with Gasteiger partial charge in [-0.3, -0.25) is 4.79 Å². The Hall–Kier alpha value is -2.82. The largest absolute Gasteiger partial charge is 0.497 e. The van der Waals surface area contributed by atoms with Gasteiger partial charge in [-0.2, -0.15) is 0 Å². The molecule has 114 valence electrons. The minimum absolute atomic E-state index is 0.160. The van der Waals surface area contributed by atoms with E-state index in [1.807, 2.05) is 0 Å². The summed E-state index contributed by atoms with van der Waals surface area (Å²) in [5, 5.41) is 2.79. The molecule has 0 radical (unpaired) electrons. The van der Waals surface area contributed by atoms with Gasteiger partial charge in [0.05, 0.1) is 26.2 Å². The summed E-state index contributed by atoms with van der Waals surface area (Å²) in [6, 6.07) is 13.9. The molecule has 0 saturated heterocycles. The van der Waals surface area contributed by atoms with Crippen LogP contribution in [0.25, 0.3) is 0 Å². The second-order valence-corrected chi connectivity index (χ2v) is 4.65. The third-order valence-electron chi connectivity index (χ3n) is 3.09. The highest BCUT2D eigenvalue weighted by molar-refractivity contribution is 5.93. The van der Waals surface area contributed by atoms with E-state index in [1.165, 1.54) is 7.11 Å². The highest BCUT2D eigenvalue weighted by atomic mass is 16.5. The summed E-state index contributed by atoms with van der Waals surface area (Å²) in [6.07, 6.45) is 0.177. The second kappa shape index (κ2) is 7.26. The highest BCUT2D eigenvalue weighted by Gasteiger charge is 2.09. The Morgan fingerprint density at radius 2 is 1.77 bits per heavy atom. The number of methoxy groups -OCH3 is 2. The van der Waals surface area contributed by atoms with Gasteiger partial charge in [-0.05, 0) is 42.0 Å². The van der Waals surface area contributed by atoms with Crippen LogP contribution in [0, 0.1) is 0 Å². The molecule has 0 aromatic heterocycles. The molecule has 2 aromatic rings. The molecule has 0 aliphatic heterocycles. The summed E-state index contributed by atoms with van der Waals surface area (Å²) in [5.41, 5.74) is 1.86. The molecule has 1 amide bonds. The lowest BCUT2D eigenvalue weighted by atomic mass is 10.1. The zero-order chi connectivity index (χ0) is 15.9. The molecule has 2 aromatic carbocycles. The molecule has 1 N–H and O–H groups in total. The van der Waals surface area contributed by atoms with Crippen LogP contribution in [0.4, 0.5) is 5.69 Å². The first-order valence-corrected chi connectivity index (χ1v) is 6.73. The topological polar surface area (TPSA) is 64.6 Å². The lowest BCUT2D eigenvalue weighted by Crippen LogP contribution is -2.14. The molecule has 0 heterocycles. The van der Waals surface area contributed by atoms with Crippen molar-refractivity contribution in [1.29, 1.82) is 0 Å². The summed E-state index contributed by atoms with van der Waals surface area (Å²) in [5.74, 6) is 0.147. The van der Waals surface area contributed by atoms with E-state index in [9.17, 15) is 9.59 Å². The summed E-state index contributed by atoms with van der Waals surface area (Å²) in [7, 11) is 2.91. The highest BCUT2D eigenvalue weighted by Crippen LogP contribution is 2.15. The van der Waals surface area contributed by atoms with Crippen LogP contribution in [0.2, 0.25) is 0 Å². The predicted octanol–water partition coefficient (Wildman–Crippen LogP) is 2.66. The summed E-state index contributed by atoms with van der Waals surface area (Å²) < 4.78 is 9.72. The van der Waals surface area contributed by atoms with Gasteiger partial charge in [-0.25, -0.2) is 4.79 Å².